The molecule has 0 heterocycles. The predicted octanol–water partition coefficient (Wildman–Crippen LogP) is 7.25. The van der Waals surface area contributed by atoms with Gasteiger partial charge in [0.05, 0.1) is 5.69 Å². The van der Waals surface area contributed by atoms with Gasteiger partial charge in [-0.3, -0.25) is 0 Å². The zero-order chi connectivity index (χ0) is 19.0. The maximum Gasteiger partial charge on any atom is 0.220 e. The summed E-state index contributed by atoms with van der Waals surface area (Å²) in [5.41, 5.74) is 0.855. The first-order valence-electron chi connectivity index (χ1n) is 9.06. The topological polar surface area (TPSA) is 21.6 Å². The number of fused-ring (bicyclic) bond motifs is 1. The van der Waals surface area contributed by atoms with Crippen LogP contribution in [0.4, 0.5) is 5.69 Å². The molecular formula is C25H19NOS. The summed E-state index contributed by atoms with van der Waals surface area (Å²) in [7, 11) is 0. The molecule has 0 aliphatic carbocycles. The monoisotopic (exact) mass is 381 g/mol. The molecule has 0 aliphatic heterocycles. The van der Waals surface area contributed by atoms with Crippen molar-refractivity contribution in [3.05, 3.63) is 115 Å². The van der Waals surface area contributed by atoms with Gasteiger partial charge in [0.25, 0.3) is 0 Å². The van der Waals surface area contributed by atoms with Crippen LogP contribution in [-0.2, 0) is 0 Å². The molecule has 0 spiro atoms. The molecule has 0 saturated carbocycles. The Morgan fingerprint density at radius 3 is 2.21 bits per heavy atom. The van der Waals surface area contributed by atoms with Crippen molar-refractivity contribution in [3.63, 3.8) is 0 Å². The molecule has 136 valence electrons. The van der Waals surface area contributed by atoms with E-state index in [2.05, 4.69) is 47.5 Å². The highest BCUT2D eigenvalue weighted by molar-refractivity contribution is 8.02. The first kappa shape index (κ1) is 18.1. The zero-order valence-electron chi connectivity index (χ0n) is 15.2. The molecule has 4 rings (SSSR count). The molecule has 0 aromatic heterocycles. The van der Waals surface area contributed by atoms with Crippen molar-refractivity contribution < 1.29 is 4.74 Å². The number of thioether (sulfide) groups is 1. The van der Waals surface area contributed by atoms with E-state index in [0.29, 0.717) is 5.90 Å². The first-order chi connectivity index (χ1) is 13.9. The van der Waals surface area contributed by atoms with E-state index in [9.17, 15) is 0 Å². The minimum Gasteiger partial charge on any atom is -0.439 e. The number of aliphatic imine (C=N–C) groups is 1. The Morgan fingerprint density at radius 1 is 0.714 bits per heavy atom. The highest BCUT2D eigenvalue weighted by Crippen LogP contribution is 2.28. The van der Waals surface area contributed by atoms with E-state index in [1.165, 1.54) is 15.7 Å². The normalized spacial score (nSPS) is 11.8. The smallest absolute Gasteiger partial charge is 0.220 e. The third-order valence-electron chi connectivity index (χ3n) is 4.12. The second kappa shape index (κ2) is 9.07. The van der Waals surface area contributed by atoms with Crippen LogP contribution in [0.25, 0.3) is 10.8 Å². The summed E-state index contributed by atoms with van der Waals surface area (Å²) in [5.74, 6) is 1.31. The molecule has 4 aromatic carbocycles. The third-order valence-corrected chi connectivity index (χ3v) is 5.00. The molecule has 0 aliphatic rings. The molecule has 3 heteroatoms. The molecule has 2 nitrogen and oxygen atoms in total. The molecule has 4 aromatic rings. The van der Waals surface area contributed by atoms with Gasteiger partial charge in [0.2, 0.25) is 5.90 Å². The minimum absolute atomic E-state index is 0.546. The summed E-state index contributed by atoms with van der Waals surface area (Å²) in [6.45, 7) is 0. The lowest BCUT2D eigenvalue weighted by atomic mass is 10.1. The van der Waals surface area contributed by atoms with Crippen molar-refractivity contribution in [2.45, 2.75) is 4.90 Å². The maximum atomic E-state index is 5.99. The molecule has 0 saturated heterocycles. The Labute approximate surface area is 169 Å². The second-order valence-electron chi connectivity index (χ2n) is 6.10. The SMILES string of the molecule is C(=CC(=Nc1ccccc1)Oc1ccccc1)Sc1cccc2ccccc12. The van der Waals surface area contributed by atoms with Crippen molar-refractivity contribution in [1.82, 2.24) is 0 Å². The molecule has 0 unspecified atom stereocenters. The quantitative estimate of drug-likeness (QED) is 0.206. The Kier molecular flexibility index (Phi) is 5.86. The summed E-state index contributed by atoms with van der Waals surface area (Å²) in [4.78, 5) is 5.84. The van der Waals surface area contributed by atoms with Gasteiger partial charge in [-0.2, -0.15) is 0 Å². The van der Waals surface area contributed by atoms with Gasteiger partial charge in [-0.25, -0.2) is 4.99 Å². The van der Waals surface area contributed by atoms with E-state index in [1.54, 1.807) is 11.8 Å². The summed E-state index contributed by atoms with van der Waals surface area (Å²) in [6, 6.07) is 34.3. The van der Waals surface area contributed by atoms with E-state index >= 15 is 0 Å². The van der Waals surface area contributed by atoms with Gasteiger partial charge in [0.15, 0.2) is 0 Å². The molecule has 0 N–H and O–H groups in total. The van der Waals surface area contributed by atoms with Gasteiger partial charge in [0, 0.05) is 11.0 Å². The van der Waals surface area contributed by atoms with Crippen LogP contribution >= 0.6 is 11.8 Å². The van der Waals surface area contributed by atoms with Gasteiger partial charge in [0.1, 0.15) is 5.75 Å². The highest BCUT2D eigenvalue weighted by atomic mass is 32.2. The van der Waals surface area contributed by atoms with Gasteiger partial charge in [-0.05, 0) is 46.5 Å². The van der Waals surface area contributed by atoms with Gasteiger partial charge in [-0.1, -0.05) is 84.6 Å². The zero-order valence-corrected chi connectivity index (χ0v) is 16.0. The van der Waals surface area contributed by atoms with Crippen molar-refractivity contribution in [2.24, 2.45) is 4.99 Å². The van der Waals surface area contributed by atoms with E-state index in [4.69, 9.17) is 4.74 Å². The van der Waals surface area contributed by atoms with Crippen LogP contribution in [-0.4, -0.2) is 5.90 Å². The maximum absolute atomic E-state index is 5.99. The second-order valence-corrected chi connectivity index (χ2v) is 7.05. The number of rotatable bonds is 5. The number of hydrogen-bond donors (Lipinski definition) is 0. The van der Waals surface area contributed by atoms with Crippen LogP contribution in [0.3, 0.4) is 0 Å². The van der Waals surface area contributed by atoms with Crippen molar-refractivity contribution >= 4 is 34.1 Å². The Hall–Kier alpha value is -3.30. The van der Waals surface area contributed by atoms with Crippen LogP contribution in [0, 0.1) is 0 Å². The molecule has 0 fully saturated rings. The summed E-state index contributed by atoms with van der Waals surface area (Å²) >= 11 is 1.66. The number of benzene rings is 4. The van der Waals surface area contributed by atoms with Crippen LogP contribution in [0.15, 0.2) is 125 Å². The van der Waals surface area contributed by atoms with E-state index in [0.717, 1.165) is 11.4 Å². The predicted molar refractivity (Wildman–Crippen MR) is 120 cm³/mol. The van der Waals surface area contributed by atoms with E-state index in [-0.39, 0.29) is 0 Å². The Bertz CT molecular complexity index is 1100. The molecule has 0 amide bonds. The van der Waals surface area contributed by atoms with Crippen LogP contribution in [0.5, 0.6) is 5.75 Å². The lowest BCUT2D eigenvalue weighted by Crippen LogP contribution is -2.04. The lowest BCUT2D eigenvalue weighted by molar-refractivity contribution is 0.556. The molecule has 0 atom stereocenters. The van der Waals surface area contributed by atoms with Crippen LogP contribution in [0.2, 0.25) is 0 Å². The van der Waals surface area contributed by atoms with Gasteiger partial charge < -0.3 is 4.74 Å². The molecular weight excluding hydrogens is 362 g/mol. The number of para-hydroxylation sites is 2. The fourth-order valence-electron chi connectivity index (χ4n) is 2.80. The van der Waals surface area contributed by atoms with E-state index < -0.39 is 0 Å². The summed E-state index contributed by atoms with van der Waals surface area (Å²) in [5, 5.41) is 4.50. The summed E-state index contributed by atoms with van der Waals surface area (Å²) < 4.78 is 5.99. The number of ether oxygens (including phenoxy) is 1. The average molecular weight is 382 g/mol. The van der Waals surface area contributed by atoms with Gasteiger partial charge in [-0.15, -0.1) is 0 Å². The fourth-order valence-corrected chi connectivity index (χ4v) is 3.60. The Morgan fingerprint density at radius 2 is 1.39 bits per heavy atom. The van der Waals surface area contributed by atoms with E-state index in [1.807, 2.05) is 72.1 Å². The first-order valence-corrected chi connectivity index (χ1v) is 9.94. The van der Waals surface area contributed by atoms with Crippen molar-refractivity contribution in [3.8, 4) is 5.75 Å². The minimum atomic E-state index is 0.546. The van der Waals surface area contributed by atoms with Crippen molar-refractivity contribution in [2.75, 3.05) is 0 Å². The molecule has 28 heavy (non-hydrogen) atoms. The number of hydrogen-bond acceptors (Lipinski definition) is 3. The van der Waals surface area contributed by atoms with Crippen LogP contribution < -0.4 is 4.74 Å². The summed E-state index contributed by atoms with van der Waals surface area (Å²) in [6.07, 6.45) is 1.91. The highest BCUT2D eigenvalue weighted by Gasteiger charge is 2.02. The van der Waals surface area contributed by atoms with Crippen molar-refractivity contribution in [1.29, 1.82) is 0 Å². The number of nitrogens with zero attached hydrogens (tertiary/aromatic N) is 1. The molecule has 0 radical (unpaired) electrons. The molecule has 0 bridgehead atoms. The largest absolute Gasteiger partial charge is 0.439 e. The third kappa shape index (κ3) is 4.70. The van der Waals surface area contributed by atoms with Crippen LogP contribution in [0.1, 0.15) is 0 Å². The standard InChI is InChI=1S/C25H19NOS/c1-3-12-21(13-4-1)26-25(27-22-14-5-2-6-15-22)18-19-28-24-17-9-11-20-10-7-8-16-23(20)24/h1-19H. The van der Waals surface area contributed by atoms with Gasteiger partial charge >= 0.3 is 0 Å². The Balaban J connectivity index is 1.58. The fraction of sp³-hybridized carbons (Fsp3) is 0. The average Bonchev–Trinajstić information content (AvgIpc) is 2.75. The lowest BCUT2D eigenvalue weighted by Gasteiger charge is -2.06.